The summed E-state index contributed by atoms with van der Waals surface area (Å²) >= 11 is 0. The Hall–Kier alpha value is -1.02. The first-order valence-electron chi connectivity index (χ1n) is 6.41. The average molecular weight is 216 g/mol. The summed E-state index contributed by atoms with van der Waals surface area (Å²) in [6.45, 7) is 6.96. The zero-order valence-electron chi connectivity index (χ0n) is 10.00. The van der Waals surface area contributed by atoms with Crippen molar-refractivity contribution in [3.63, 3.8) is 0 Å². The van der Waals surface area contributed by atoms with Crippen molar-refractivity contribution in [2.24, 2.45) is 0 Å². The fraction of sp³-hybridized carbons (Fsp3) is 0.571. The van der Waals surface area contributed by atoms with Crippen LogP contribution in [0.1, 0.15) is 25.3 Å². The van der Waals surface area contributed by atoms with E-state index in [4.69, 9.17) is 0 Å². The second-order valence-corrected chi connectivity index (χ2v) is 5.06. The normalized spacial score (nSPS) is 22.4. The molecule has 16 heavy (non-hydrogen) atoms. The molecule has 1 aromatic carbocycles. The molecule has 0 atom stereocenters. The molecule has 1 spiro atoms. The molecular formula is C14H20N2. The summed E-state index contributed by atoms with van der Waals surface area (Å²) in [5, 5.41) is 3.48. The first-order chi connectivity index (χ1) is 7.86. The molecule has 2 heteroatoms. The highest BCUT2D eigenvalue weighted by Gasteiger charge is 2.42. The zero-order chi connectivity index (χ0) is 11.0. The van der Waals surface area contributed by atoms with Crippen LogP contribution >= 0.6 is 0 Å². The molecule has 2 aliphatic rings. The van der Waals surface area contributed by atoms with Crippen LogP contribution in [0, 0.1) is 0 Å². The van der Waals surface area contributed by atoms with E-state index < -0.39 is 0 Å². The molecule has 1 saturated heterocycles. The van der Waals surface area contributed by atoms with E-state index in [-0.39, 0.29) is 0 Å². The van der Waals surface area contributed by atoms with Crippen LogP contribution in [0.5, 0.6) is 0 Å². The molecule has 2 aliphatic heterocycles. The third kappa shape index (κ3) is 1.36. The van der Waals surface area contributed by atoms with Gasteiger partial charge in [0.25, 0.3) is 0 Å². The second-order valence-electron chi connectivity index (χ2n) is 5.06. The van der Waals surface area contributed by atoms with E-state index in [1.54, 1.807) is 5.56 Å². The number of likely N-dealkylation sites (N-methyl/N-ethyl adjacent to an activating group) is 1. The number of hydrogen-bond acceptors (Lipinski definition) is 2. The summed E-state index contributed by atoms with van der Waals surface area (Å²) in [4.78, 5) is 2.54. The van der Waals surface area contributed by atoms with Crippen molar-refractivity contribution in [1.29, 1.82) is 0 Å². The topological polar surface area (TPSA) is 15.3 Å². The minimum Gasteiger partial charge on any atom is -0.371 e. The van der Waals surface area contributed by atoms with Gasteiger partial charge < -0.3 is 10.2 Å². The van der Waals surface area contributed by atoms with Crippen molar-refractivity contribution < 1.29 is 0 Å². The Morgan fingerprint density at radius 2 is 2.00 bits per heavy atom. The fourth-order valence-electron chi connectivity index (χ4n) is 3.35. The molecule has 0 unspecified atom stereocenters. The Morgan fingerprint density at radius 3 is 2.75 bits per heavy atom. The number of benzene rings is 1. The average Bonchev–Trinajstić information content (AvgIpc) is 2.66. The number of piperidine rings is 1. The fourth-order valence-corrected chi connectivity index (χ4v) is 3.35. The van der Waals surface area contributed by atoms with Gasteiger partial charge >= 0.3 is 0 Å². The maximum atomic E-state index is 3.48. The number of nitrogens with one attached hydrogen (secondary N) is 1. The molecule has 86 valence electrons. The van der Waals surface area contributed by atoms with Gasteiger partial charge in [-0.15, -0.1) is 0 Å². The highest BCUT2D eigenvalue weighted by Crippen LogP contribution is 2.45. The molecule has 0 bridgehead atoms. The van der Waals surface area contributed by atoms with E-state index in [0.29, 0.717) is 5.41 Å². The summed E-state index contributed by atoms with van der Waals surface area (Å²) in [5.41, 5.74) is 3.52. The van der Waals surface area contributed by atoms with Gasteiger partial charge in [-0.05, 0) is 44.5 Å². The van der Waals surface area contributed by atoms with Crippen LogP contribution in [0.4, 0.5) is 5.69 Å². The Labute approximate surface area is 97.6 Å². The van der Waals surface area contributed by atoms with Crippen LogP contribution in [0.25, 0.3) is 0 Å². The van der Waals surface area contributed by atoms with Gasteiger partial charge in [0.1, 0.15) is 0 Å². The SMILES string of the molecule is CCN1CC2(CCNCC2)c2ccccc21. The number of nitrogens with zero attached hydrogens (tertiary/aromatic N) is 1. The molecule has 2 heterocycles. The molecule has 0 amide bonds. The molecule has 0 aliphatic carbocycles. The number of hydrogen-bond donors (Lipinski definition) is 1. The zero-order valence-corrected chi connectivity index (χ0v) is 10.00. The summed E-state index contributed by atoms with van der Waals surface area (Å²) in [6.07, 6.45) is 2.58. The highest BCUT2D eigenvalue weighted by atomic mass is 15.2. The van der Waals surface area contributed by atoms with E-state index in [1.165, 1.54) is 38.2 Å². The van der Waals surface area contributed by atoms with Crippen molar-refractivity contribution in [1.82, 2.24) is 5.32 Å². The van der Waals surface area contributed by atoms with Gasteiger partial charge in [0.05, 0.1) is 0 Å². The van der Waals surface area contributed by atoms with E-state index in [1.807, 2.05) is 0 Å². The van der Waals surface area contributed by atoms with Gasteiger partial charge in [0, 0.05) is 24.2 Å². The summed E-state index contributed by atoms with van der Waals surface area (Å²) in [7, 11) is 0. The van der Waals surface area contributed by atoms with Crippen LogP contribution < -0.4 is 10.2 Å². The third-order valence-corrected chi connectivity index (χ3v) is 4.25. The second kappa shape index (κ2) is 3.77. The third-order valence-electron chi connectivity index (χ3n) is 4.25. The van der Waals surface area contributed by atoms with Gasteiger partial charge in [-0.2, -0.15) is 0 Å². The standard InChI is InChI=1S/C14H20N2/c1-2-16-11-14(7-9-15-10-8-14)12-5-3-4-6-13(12)16/h3-6,15H,2,7-11H2,1H3. The molecule has 0 radical (unpaired) electrons. The van der Waals surface area contributed by atoms with Crippen LogP contribution in [0.15, 0.2) is 24.3 Å². The van der Waals surface area contributed by atoms with Crippen molar-refractivity contribution in [2.75, 3.05) is 31.1 Å². The van der Waals surface area contributed by atoms with Crippen LogP contribution in [0.2, 0.25) is 0 Å². The van der Waals surface area contributed by atoms with E-state index in [0.717, 1.165) is 6.54 Å². The molecular weight excluding hydrogens is 196 g/mol. The van der Waals surface area contributed by atoms with Crippen molar-refractivity contribution in [3.8, 4) is 0 Å². The largest absolute Gasteiger partial charge is 0.371 e. The Balaban J connectivity index is 2.04. The van der Waals surface area contributed by atoms with Crippen molar-refractivity contribution >= 4 is 5.69 Å². The van der Waals surface area contributed by atoms with Crippen molar-refractivity contribution in [3.05, 3.63) is 29.8 Å². The number of rotatable bonds is 1. The Morgan fingerprint density at radius 1 is 1.25 bits per heavy atom. The minimum atomic E-state index is 0.442. The van der Waals surface area contributed by atoms with Crippen molar-refractivity contribution in [2.45, 2.75) is 25.2 Å². The lowest BCUT2D eigenvalue weighted by Crippen LogP contribution is -2.43. The van der Waals surface area contributed by atoms with E-state index >= 15 is 0 Å². The van der Waals surface area contributed by atoms with Gasteiger partial charge in [0.2, 0.25) is 0 Å². The maximum absolute atomic E-state index is 3.48. The van der Waals surface area contributed by atoms with Gasteiger partial charge in [0.15, 0.2) is 0 Å². The predicted octanol–water partition coefficient (Wildman–Crippen LogP) is 2.15. The number of fused-ring (bicyclic) bond motifs is 2. The van der Waals surface area contributed by atoms with Gasteiger partial charge in [-0.25, -0.2) is 0 Å². The maximum Gasteiger partial charge on any atom is 0.0405 e. The van der Waals surface area contributed by atoms with Crippen LogP contribution in [-0.2, 0) is 5.41 Å². The number of para-hydroxylation sites is 1. The number of anilines is 1. The first kappa shape index (κ1) is 10.2. The van der Waals surface area contributed by atoms with Gasteiger partial charge in [-0.3, -0.25) is 0 Å². The lowest BCUT2D eigenvalue weighted by molar-refractivity contribution is 0.326. The molecule has 2 nitrogen and oxygen atoms in total. The lowest BCUT2D eigenvalue weighted by atomic mass is 9.75. The molecule has 1 aromatic rings. The van der Waals surface area contributed by atoms with Crippen LogP contribution in [-0.4, -0.2) is 26.2 Å². The highest BCUT2D eigenvalue weighted by molar-refractivity contribution is 5.62. The van der Waals surface area contributed by atoms with Gasteiger partial charge in [-0.1, -0.05) is 18.2 Å². The summed E-state index contributed by atoms with van der Waals surface area (Å²) in [5.74, 6) is 0. The molecule has 1 N–H and O–H groups in total. The quantitative estimate of drug-likeness (QED) is 0.774. The van der Waals surface area contributed by atoms with E-state index in [9.17, 15) is 0 Å². The molecule has 0 aromatic heterocycles. The predicted molar refractivity (Wildman–Crippen MR) is 68.1 cm³/mol. The monoisotopic (exact) mass is 216 g/mol. The Kier molecular flexibility index (Phi) is 2.40. The van der Waals surface area contributed by atoms with E-state index in [2.05, 4.69) is 41.4 Å². The smallest absolute Gasteiger partial charge is 0.0405 e. The molecule has 1 fully saturated rings. The molecule has 0 saturated carbocycles. The summed E-state index contributed by atoms with van der Waals surface area (Å²) in [6, 6.07) is 9.00. The summed E-state index contributed by atoms with van der Waals surface area (Å²) < 4.78 is 0. The lowest BCUT2D eigenvalue weighted by Gasteiger charge is -2.34. The minimum absolute atomic E-state index is 0.442. The van der Waals surface area contributed by atoms with Crippen LogP contribution in [0.3, 0.4) is 0 Å². The molecule has 3 rings (SSSR count). The first-order valence-corrected chi connectivity index (χ1v) is 6.41. The Bertz CT molecular complexity index is 380.